The summed E-state index contributed by atoms with van der Waals surface area (Å²) >= 11 is 0. The number of nitrogens with one attached hydrogen (secondary N) is 1. The Morgan fingerprint density at radius 1 is 1.44 bits per heavy atom. The van der Waals surface area contributed by atoms with Crippen LogP contribution in [0.4, 0.5) is 0 Å². The molecule has 4 heteroatoms. The standard InChI is InChI=1S/C14H14N2O2/c1-2-13(17)9-5-12-11(15-7-9)6-10(8-3-4-8)14(18)16-12/h5-8H,2-4H2,1H3,(H,16,18). The van der Waals surface area contributed by atoms with E-state index in [4.69, 9.17) is 0 Å². The lowest BCUT2D eigenvalue weighted by Crippen LogP contribution is -2.12. The van der Waals surface area contributed by atoms with Crippen LogP contribution in [0.25, 0.3) is 11.0 Å². The molecule has 0 aromatic carbocycles. The molecule has 0 bridgehead atoms. The van der Waals surface area contributed by atoms with Gasteiger partial charge in [0.15, 0.2) is 5.78 Å². The monoisotopic (exact) mass is 242 g/mol. The molecule has 0 radical (unpaired) electrons. The molecule has 18 heavy (non-hydrogen) atoms. The van der Waals surface area contributed by atoms with Gasteiger partial charge in [0.05, 0.1) is 11.0 Å². The van der Waals surface area contributed by atoms with Crippen molar-refractivity contribution in [2.24, 2.45) is 0 Å². The summed E-state index contributed by atoms with van der Waals surface area (Å²) in [5.74, 6) is 0.438. The summed E-state index contributed by atoms with van der Waals surface area (Å²) in [5, 5.41) is 0. The van der Waals surface area contributed by atoms with E-state index in [9.17, 15) is 9.59 Å². The maximum absolute atomic E-state index is 11.9. The molecule has 0 aliphatic heterocycles. The number of carbonyl (C=O) groups is 1. The number of carbonyl (C=O) groups excluding carboxylic acids is 1. The highest BCUT2D eigenvalue weighted by atomic mass is 16.1. The number of ketones is 1. The summed E-state index contributed by atoms with van der Waals surface area (Å²) in [5.41, 5.74) is 2.73. The topological polar surface area (TPSA) is 62.8 Å². The third-order valence-electron chi connectivity index (χ3n) is 3.38. The van der Waals surface area contributed by atoms with Crippen LogP contribution in [0.15, 0.2) is 23.1 Å². The molecular formula is C14H14N2O2. The van der Waals surface area contributed by atoms with Gasteiger partial charge in [0.25, 0.3) is 5.56 Å². The van der Waals surface area contributed by atoms with E-state index < -0.39 is 0 Å². The van der Waals surface area contributed by atoms with Crippen molar-refractivity contribution in [3.05, 3.63) is 39.8 Å². The summed E-state index contributed by atoms with van der Waals surface area (Å²) in [6, 6.07) is 3.57. The smallest absolute Gasteiger partial charge is 0.252 e. The van der Waals surface area contributed by atoms with E-state index in [1.165, 1.54) is 0 Å². The Bertz CT molecular complexity index is 684. The Morgan fingerprint density at radius 3 is 2.89 bits per heavy atom. The second-order valence-electron chi connectivity index (χ2n) is 4.76. The van der Waals surface area contributed by atoms with Crippen LogP contribution in [0.3, 0.4) is 0 Å². The average Bonchev–Trinajstić information content (AvgIpc) is 3.20. The minimum absolute atomic E-state index is 0.0384. The normalized spacial score (nSPS) is 14.9. The second kappa shape index (κ2) is 4.05. The molecule has 2 aromatic rings. The fourth-order valence-corrected chi connectivity index (χ4v) is 2.15. The number of aromatic nitrogens is 2. The van der Waals surface area contributed by atoms with Crippen LogP contribution < -0.4 is 5.56 Å². The molecule has 1 N–H and O–H groups in total. The van der Waals surface area contributed by atoms with Gasteiger partial charge in [-0.25, -0.2) is 0 Å². The largest absolute Gasteiger partial charge is 0.320 e. The number of Topliss-reactive ketones (excluding diaryl/α,β-unsaturated/α-hetero) is 1. The van der Waals surface area contributed by atoms with Gasteiger partial charge in [-0.3, -0.25) is 14.6 Å². The van der Waals surface area contributed by atoms with Crippen LogP contribution in [0.2, 0.25) is 0 Å². The molecule has 0 amide bonds. The van der Waals surface area contributed by atoms with Gasteiger partial charge < -0.3 is 4.98 Å². The van der Waals surface area contributed by atoms with Crippen LogP contribution >= 0.6 is 0 Å². The first-order chi connectivity index (χ1) is 8.69. The summed E-state index contributed by atoms with van der Waals surface area (Å²) in [6.45, 7) is 1.81. The molecule has 0 atom stereocenters. The molecule has 1 aliphatic rings. The van der Waals surface area contributed by atoms with Gasteiger partial charge in [-0.15, -0.1) is 0 Å². The molecule has 2 heterocycles. The van der Waals surface area contributed by atoms with Crippen molar-refractivity contribution >= 4 is 16.8 Å². The van der Waals surface area contributed by atoms with Gasteiger partial charge in [0, 0.05) is 23.7 Å². The first-order valence-electron chi connectivity index (χ1n) is 6.25. The molecule has 0 unspecified atom stereocenters. The number of pyridine rings is 2. The van der Waals surface area contributed by atoms with Crippen molar-refractivity contribution in [3.63, 3.8) is 0 Å². The number of nitrogens with zero attached hydrogens (tertiary/aromatic N) is 1. The maximum Gasteiger partial charge on any atom is 0.252 e. The van der Waals surface area contributed by atoms with E-state index in [1.807, 2.05) is 13.0 Å². The molecule has 0 spiro atoms. The fraction of sp³-hybridized carbons (Fsp3) is 0.357. The van der Waals surface area contributed by atoms with Crippen molar-refractivity contribution in [3.8, 4) is 0 Å². The fourth-order valence-electron chi connectivity index (χ4n) is 2.15. The summed E-state index contributed by atoms with van der Waals surface area (Å²) in [4.78, 5) is 30.6. The zero-order valence-corrected chi connectivity index (χ0v) is 10.2. The molecule has 4 nitrogen and oxygen atoms in total. The van der Waals surface area contributed by atoms with E-state index in [1.54, 1.807) is 12.3 Å². The van der Waals surface area contributed by atoms with Crippen LogP contribution in [0.1, 0.15) is 48.0 Å². The van der Waals surface area contributed by atoms with E-state index in [0.29, 0.717) is 23.4 Å². The van der Waals surface area contributed by atoms with Crippen molar-refractivity contribution in [2.45, 2.75) is 32.1 Å². The summed E-state index contributed by atoms with van der Waals surface area (Å²) in [6.07, 6.45) is 4.20. The summed E-state index contributed by atoms with van der Waals surface area (Å²) in [7, 11) is 0. The Hall–Kier alpha value is -1.97. The Morgan fingerprint density at radius 2 is 2.22 bits per heavy atom. The lowest BCUT2D eigenvalue weighted by Gasteiger charge is -2.03. The predicted octanol–water partition coefficient (Wildman–Crippen LogP) is 2.39. The number of hydrogen-bond donors (Lipinski definition) is 1. The third-order valence-corrected chi connectivity index (χ3v) is 3.38. The molecular weight excluding hydrogens is 228 g/mol. The molecule has 1 aliphatic carbocycles. The van der Waals surface area contributed by atoms with Crippen LogP contribution in [0.5, 0.6) is 0 Å². The van der Waals surface area contributed by atoms with Crippen molar-refractivity contribution in [1.29, 1.82) is 0 Å². The van der Waals surface area contributed by atoms with Gasteiger partial charge >= 0.3 is 0 Å². The predicted molar refractivity (Wildman–Crippen MR) is 69.0 cm³/mol. The highest BCUT2D eigenvalue weighted by Gasteiger charge is 2.26. The van der Waals surface area contributed by atoms with Crippen molar-refractivity contribution in [2.75, 3.05) is 0 Å². The highest BCUT2D eigenvalue weighted by molar-refractivity contribution is 5.98. The van der Waals surface area contributed by atoms with Gasteiger partial charge in [-0.2, -0.15) is 0 Å². The molecule has 1 fully saturated rings. The number of H-pyrrole nitrogens is 1. The van der Waals surface area contributed by atoms with Gasteiger partial charge in [-0.05, 0) is 30.9 Å². The van der Waals surface area contributed by atoms with Gasteiger partial charge in [-0.1, -0.05) is 6.92 Å². The van der Waals surface area contributed by atoms with Gasteiger partial charge in [0.1, 0.15) is 0 Å². The SMILES string of the molecule is CCC(=O)c1cnc2cc(C3CC3)c(=O)[nH]c2c1. The third kappa shape index (κ3) is 1.83. The van der Waals surface area contributed by atoms with Gasteiger partial charge in [0.2, 0.25) is 0 Å². The van der Waals surface area contributed by atoms with E-state index >= 15 is 0 Å². The molecule has 3 rings (SSSR count). The Labute approximate surface area is 104 Å². The number of aromatic amines is 1. The zero-order valence-electron chi connectivity index (χ0n) is 10.2. The van der Waals surface area contributed by atoms with Crippen molar-refractivity contribution < 1.29 is 4.79 Å². The Kier molecular flexibility index (Phi) is 2.51. The van der Waals surface area contributed by atoms with E-state index in [0.717, 1.165) is 23.9 Å². The maximum atomic E-state index is 11.9. The average molecular weight is 242 g/mol. The van der Waals surface area contributed by atoms with E-state index in [-0.39, 0.29) is 11.3 Å². The first kappa shape index (κ1) is 11.1. The lowest BCUT2D eigenvalue weighted by molar-refractivity contribution is 0.0988. The second-order valence-corrected chi connectivity index (χ2v) is 4.76. The molecule has 2 aromatic heterocycles. The van der Waals surface area contributed by atoms with Crippen LogP contribution in [0, 0.1) is 0 Å². The zero-order chi connectivity index (χ0) is 12.7. The lowest BCUT2D eigenvalue weighted by atomic mass is 10.1. The Balaban J connectivity index is 2.15. The highest BCUT2D eigenvalue weighted by Crippen LogP contribution is 2.38. The number of rotatable bonds is 3. The van der Waals surface area contributed by atoms with Crippen LogP contribution in [-0.4, -0.2) is 15.8 Å². The summed E-state index contributed by atoms with van der Waals surface area (Å²) < 4.78 is 0. The first-order valence-corrected chi connectivity index (χ1v) is 6.25. The minimum Gasteiger partial charge on any atom is -0.320 e. The number of hydrogen-bond acceptors (Lipinski definition) is 3. The minimum atomic E-state index is -0.0482. The number of fused-ring (bicyclic) bond motifs is 1. The molecule has 92 valence electrons. The van der Waals surface area contributed by atoms with Crippen molar-refractivity contribution in [1.82, 2.24) is 9.97 Å². The molecule has 1 saturated carbocycles. The quantitative estimate of drug-likeness (QED) is 0.840. The van der Waals surface area contributed by atoms with E-state index in [2.05, 4.69) is 9.97 Å². The molecule has 0 saturated heterocycles. The van der Waals surface area contributed by atoms with Crippen LogP contribution in [-0.2, 0) is 0 Å².